The molecule has 2 amide bonds. The van der Waals surface area contributed by atoms with E-state index in [0.717, 1.165) is 50.8 Å². The molecule has 1 aliphatic heterocycles. The molecular weight excluding hydrogens is 368 g/mol. The Morgan fingerprint density at radius 3 is 2.69 bits per heavy atom. The van der Waals surface area contributed by atoms with Crippen molar-refractivity contribution in [3.8, 4) is 5.75 Å². The lowest BCUT2D eigenvalue weighted by Gasteiger charge is -2.32. The van der Waals surface area contributed by atoms with E-state index < -0.39 is 0 Å². The topological polar surface area (TPSA) is 76.5 Å². The Labute approximate surface area is 171 Å². The largest absolute Gasteiger partial charge is 0.490 e. The maximum absolute atomic E-state index is 12.4. The lowest BCUT2D eigenvalue weighted by atomic mass is 10.1. The fraction of sp³-hybridized carbons (Fsp3) is 0.500. The Bertz CT molecular complexity index is 866. The van der Waals surface area contributed by atoms with Gasteiger partial charge in [0.2, 0.25) is 5.91 Å². The molecule has 1 saturated heterocycles. The van der Waals surface area contributed by atoms with Gasteiger partial charge in [-0.3, -0.25) is 14.3 Å². The molecule has 7 nitrogen and oxygen atoms in total. The number of benzene rings is 1. The number of aryl methyl sites for hydroxylation is 1. The SMILES string of the molecule is Cn1cc(CCNC(=O)c2cccc(OC3CCN(C(=O)C4CC4)CC3)c2)cn1. The van der Waals surface area contributed by atoms with Crippen molar-refractivity contribution >= 4 is 11.8 Å². The minimum Gasteiger partial charge on any atom is -0.490 e. The standard InChI is InChI=1S/C22H28N4O3/c1-25-15-16(14-24-25)7-10-23-21(27)18-3-2-4-20(13-18)29-19-8-11-26(12-9-19)22(28)17-5-6-17/h2-4,13-15,17,19H,5-12H2,1H3,(H,23,27). The molecule has 2 aromatic rings. The highest BCUT2D eigenvalue weighted by atomic mass is 16.5. The normalized spacial score (nSPS) is 17.2. The van der Waals surface area contributed by atoms with Crippen molar-refractivity contribution in [1.29, 1.82) is 0 Å². The Kier molecular flexibility index (Phi) is 5.83. The summed E-state index contributed by atoms with van der Waals surface area (Å²) in [6.45, 7) is 2.08. The minimum atomic E-state index is -0.107. The molecule has 0 radical (unpaired) electrons. The monoisotopic (exact) mass is 396 g/mol. The maximum Gasteiger partial charge on any atom is 0.251 e. The minimum absolute atomic E-state index is 0.0853. The zero-order valence-electron chi connectivity index (χ0n) is 16.8. The Morgan fingerprint density at radius 2 is 2.00 bits per heavy atom. The summed E-state index contributed by atoms with van der Waals surface area (Å²) >= 11 is 0. The molecule has 0 unspecified atom stereocenters. The van der Waals surface area contributed by atoms with Gasteiger partial charge in [-0.2, -0.15) is 5.10 Å². The fourth-order valence-electron chi connectivity index (χ4n) is 3.71. The van der Waals surface area contributed by atoms with Gasteiger partial charge in [0.15, 0.2) is 0 Å². The van der Waals surface area contributed by atoms with Crippen molar-refractivity contribution in [1.82, 2.24) is 20.0 Å². The second kappa shape index (κ2) is 8.68. The molecule has 2 heterocycles. The van der Waals surface area contributed by atoms with Crippen molar-refractivity contribution in [2.24, 2.45) is 13.0 Å². The highest BCUT2D eigenvalue weighted by Gasteiger charge is 2.35. The summed E-state index contributed by atoms with van der Waals surface area (Å²) in [5.74, 6) is 1.19. The van der Waals surface area contributed by atoms with Crippen LogP contribution in [0.25, 0.3) is 0 Å². The van der Waals surface area contributed by atoms with Gasteiger partial charge in [0.25, 0.3) is 5.91 Å². The maximum atomic E-state index is 12.4. The first-order chi connectivity index (χ1) is 14.1. The van der Waals surface area contributed by atoms with Crippen molar-refractivity contribution in [3.05, 3.63) is 47.8 Å². The Morgan fingerprint density at radius 1 is 1.21 bits per heavy atom. The summed E-state index contributed by atoms with van der Waals surface area (Å²) < 4.78 is 7.85. The molecule has 0 spiro atoms. The van der Waals surface area contributed by atoms with E-state index in [0.29, 0.717) is 23.8 Å². The average Bonchev–Trinajstić information content (AvgIpc) is 3.50. The molecular formula is C22H28N4O3. The van der Waals surface area contributed by atoms with Crippen LogP contribution >= 0.6 is 0 Å². The van der Waals surface area contributed by atoms with Crippen LogP contribution in [0.4, 0.5) is 0 Å². The summed E-state index contributed by atoms with van der Waals surface area (Å²) in [6, 6.07) is 7.32. The average molecular weight is 396 g/mol. The summed E-state index contributed by atoms with van der Waals surface area (Å²) in [4.78, 5) is 26.6. The smallest absolute Gasteiger partial charge is 0.251 e. The summed E-state index contributed by atoms with van der Waals surface area (Å²) in [6.07, 6.45) is 8.35. The van der Waals surface area contributed by atoms with Crippen LogP contribution in [0.3, 0.4) is 0 Å². The van der Waals surface area contributed by atoms with Crippen molar-refractivity contribution < 1.29 is 14.3 Å². The lowest BCUT2D eigenvalue weighted by molar-refractivity contribution is -0.134. The van der Waals surface area contributed by atoms with E-state index in [9.17, 15) is 9.59 Å². The second-order valence-corrected chi connectivity index (χ2v) is 7.97. The summed E-state index contributed by atoms with van der Waals surface area (Å²) in [5, 5.41) is 7.08. The molecule has 1 aromatic carbocycles. The van der Waals surface area contributed by atoms with E-state index in [1.165, 1.54) is 0 Å². The number of carbonyl (C=O) groups is 2. The molecule has 7 heteroatoms. The van der Waals surface area contributed by atoms with E-state index in [-0.39, 0.29) is 17.9 Å². The molecule has 154 valence electrons. The molecule has 2 aliphatic rings. The van der Waals surface area contributed by atoms with Gasteiger partial charge in [-0.15, -0.1) is 0 Å². The van der Waals surface area contributed by atoms with Crippen molar-refractivity contribution in [3.63, 3.8) is 0 Å². The third-order valence-corrected chi connectivity index (χ3v) is 5.54. The number of piperidine rings is 1. The van der Waals surface area contributed by atoms with E-state index in [2.05, 4.69) is 10.4 Å². The molecule has 1 aliphatic carbocycles. The first kappa shape index (κ1) is 19.5. The summed E-state index contributed by atoms with van der Waals surface area (Å²) in [5.41, 5.74) is 1.69. The first-order valence-corrected chi connectivity index (χ1v) is 10.4. The van der Waals surface area contributed by atoms with Crippen LogP contribution in [-0.2, 0) is 18.3 Å². The van der Waals surface area contributed by atoms with Gasteiger partial charge in [-0.1, -0.05) is 6.07 Å². The van der Waals surface area contributed by atoms with Gasteiger partial charge in [-0.05, 0) is 43.0 Å². The second-order valence-electron chi connectivity index (χ2n) is 7.97. The number of likely N-dealkylation sites (tertiary alicyclic amines) is 1. The number of hydrogen-bond donors (Lipinski definition) is 1. The molecule has 1 N–H and O–H groups in total. The lowest BCUT2D eigenvalue weighted by Crippen LogP contribution is -2.42. The van der Waals surface area contributed by atoms with Gasteiger partial charge >= 0.3 is 0 Å². The highest BCUT2D eigenvalue weighted by molar-refractivity contribution is 5.94. The van der Waals surface area contributed by atoms with Gasteiger partial charge < -0.3 is 15.0 Å². The Hall–Kier alpha value is -2.83. The van der Waals surface area contributed by atoms with Crippen LogP contribution in [0.5, 0.6) is 5.75 Å². The number of carbonyl (C=O) groups excluding carboxylic acids is 2. The number of hydrogen-bond acceptors (Lipinski definition) is 4. The van der Waals surface area contributed by atoms with Crippen molar-refractivity contribution in [2.75, 3.05) is 19.6 Å². The third kappa shape index (κ3) is 5.16. The van der Waals surface area contributed by atoms with Gasteiger partial charge in [0.1, 0.15) is 11.9 Å². The number of nitrogens with zero attached hydrogens (tertiary/aromatic N) is 3. The molecule has 2 fully saturated rings. The highest BCUT2D eigenvalue weighted by Crippen LogP contribution is 2.32. The van der Waals surface area contributed by atoms with Crippen LogP contribution in [0, 0.1) is 5.92 Å². The molecule has 1 saturated carbocycles. The predicted octanol–water partition coefficient (Wildman–Crippen LogP) is 2.17. The number of ether oxygens (including phenoxy) is 1. The zero-order chi connectivity index (χ0) is 20.2. The Balaban J connectivity index is 1.25. The number of amides is 2. The molecule has 0 atom stereocenters. The van der Waals surface area contributed by atoms with E-state index in [4.69, 9.17) is 4.74 Å². The molecule has 29 heavy (non-hydrogen) atoms. The van der Waals surface area contributed by atoms with Gasteiger partial charge in [0, 0.05) is 57.2 Å². The van der Waals surface area contributed by atoms with E-state index >= 15 is 0 Å². The molecule has 0 bridgehead atoms. The zero-order valence-corrected chi connectivity index (χ0v) is 16.8. The first-order valence-electron chi connectivity index (χ1n) is 10.4. The quantitative estimate of drug-likeness (QED) is 0.778. The van der Waals surface area contributed by atoms with E-state index in [1.54, 1.807) is 16.8 Å². The van der Waals surface area contributed by atoms with Crippen LogP contribution < -0.4 is 10.1 Å². The van der Waals surface area contributed by atoms with Gasteiger partial charge in [0.05, 0.1) is 6.20 Å². The number of nitrogens with one attached hydrogen (secondary N) is 1. The van der Waals surface area contributed by atoms with Crippen molar-refractivity contribution in [2.45, 2.75) is 38.2 Å². The van der Waals surface area contributed by atoms with Crippen LogP contribution in [-0.4, -0.2) is 52.2 Å². The van der Waals surface area contributed by atoms with Crippen LogP contribution in [0.15, 0.2) is 36.7 Å². The number of aromatic nitrogens is 2. The third-order valence-electron chi connectivity index (χ3n) is 5.54. The molecule has 1 aromatic heterocycles. The predicted molar refractivity (Wildman–Crippen MR) is 109 cm³/mol. The fourth-order valence-corrected chi connectivity index (χ4v) is 3.71. The summed E-state index contributed by atoms with van der Waals surface area (Å²) in [7, 11) is 1.88. The van der Waals surface area contributed by atoms with Crippen LogP contribution in [0.2, 0.25) is 0 Å². The van der Waals surface area contributed by atoms with Gasteiger partial charge in [-0.25, -0.2) is 0 Å². The molecule has 4 rings (SSSR count). The van der Waals surface area contributed by atoms with Crippen LogP contribution in [0.1, 0.15) is 41.6 Å². The van der Waals surface area contributed by atoms with E-state index in [1.807, 2.05) is 36.5 Å². The number of rotatable bonds is 7.